The lowest BCUT2D eigenvalue weighted by atomic mass is 9.97. The highest BCUT2D eigenvalue weighted by molar-refractivity contribution is 5.69. The van der Waals surface area contributed by atoms with Crippen molar-refractivity contribution in [2.75, 3.05) is 13.7 Å². The molecule has 0 bridgehead atoms. The van der Waals surface area contributed by atoms with Crippen LogP contribution in [0.1, 0.15) is 35.5 Å². The summed E-state index contributed by atoms with van der Waals surface area (Å²) in [5.41, 5.74) is 5.87. The Labute approximate surface area is 126 Å². The van der Waals surface area contributed by atoms with Crippen molar-refractivity contribution in [1.82, 2.24) is 14.9 Å². The van der Waals surface area contributed by atoms with Gasteiger partial charge in [-0.2, -0.15) is 0 Å². The number of benzene rings is 1. The van der Waals surface area contributed by atoms with Crippen LogP contribution < -0.4 is 10.1 Å². The Morgan fingerprint density at radius 2 is 2.05 bits per heavy atom. The van der Waals surface area contributed by atoms with Crippen LogP contribution in [0.5, 0.6) is 5.75 Å². The molecule has 2 heterocycles. The van der Waals surface area contributed by atoms with Gasteiger partial charge in [0.15, 0.2) is 0 Å². The zero-order chi connectivity index (χ0) is 15.1. The molecule has 0 aliphatic carbocycles. The first-order chi connectivity index (χ1) is 10.0. The topological polar surface area (TPSA) is 39.1 Å². The molecule has 0 amide bonds. The Kier molecular flexibility index (Phi) is 3.49. The number of methoxy groups -OCH3 is 1. The van der Waals surface area contributed by atoms with E-state index < -0.39 is 0 Å². The Morgan fingerprint density at radius 1 is 1.29 bits per heavy atom. The van der Waals surface area contributed by atoms with Crippen molar-refractivity contribution in [3.8, 4) is 17.0 Å². The largest absolute Gasteiger partial charge is 0.496 e. The van der Waals surface area contributed by atoms with E-state index in [-0.39, 0.29) is 0 Å². The maximum atomic E-state index is 5.51. The number of aryl methyl sites for hydroxylation is 1. The number of hydrogen-bond acceptors (Lipinski definition) is 3. The number of imidazole rings is 1. The molecule has 0 fully saturated rings. The lowest BCUT2D eigenvalue weighted by molar-refractivity contribution is 0.408. The molecule has 1 aromatic heterocycles. The molecule has 0 radical (unpaired) electrons. The van der Waals surface area contributed by atoms with E-state index in [1.54, 1.807) is 7.11 Å². The van der Waals surface area contributed by atoms with Gasteiger partial charge in [0.1, 0.15) is 11.6 Å². The van der Waals surface area contributed by atoms with Gasteiger partial charge in [-0.05, 0) is 50.5 Å². The summed E-state index contributed by atoms with van der Waals surface area (Å²) in [5, 5.41) is 3.46. The molecule has 21 heavy (non-hydrogen) atoms. The summed E-state index contributed by atoms with van der Waals surface area (Å²) in [7, 11) is 1.73. The van der Waals surface area contributed by atoms with Crippen molar-refractivity contribution in [1.29, 1.82) is 0 Å². The van der Waals surface area contributed by atoms with Gasteiger partial charge in [-0.25, -0.2) is 4.98 Å². The third-order valence-electron chi connectivity index (χ3n) is 4.50. The number of rotatable bonds is 2. The second-order valence-electron chi connectivity index (χ2n) is 5.88. The Hall–Kier alpha value is -1.81. The lowest BCUT2D eigenvalue weighted by Crippen LogP contribution is -2.31. The lowest BCUT2D eigenvalue weighted by Gasteiger charge is -2.21. The molecule has 0 saturated heterocycles. The average molecular weight is 285 g/mol. The third kappa shape index (κ3) is 2.23. The van der Waals surface area contributed by atoms with Gasteiger partial charge in [0, 0.05) is 24.8 Å². The van der Waals surface area contributed by atoms with Crippen molar-refractivity contribution in [2.45, 2.75) is 40.3 Å². The van der Waals surface area contributed by atoms with Gasteiger partial charge < -0.3 is 14.6 Å². The van der Waals surface area contributed by atoms with Crippen LogP contribution >= 0.6 is 0 Å². The number of nitrogens with one attached hydrogen (secondary N) is 1. The SMILES string of the molecule is COc1c(C)cc(-c2cn3c(n2)C(C)NCC3)c(C)c1C. The van der Waals surface area contributed by atoms with Crippen molar-refractivity contribution in [2.24, 2.45) is 0 Å². The highest BCUT2D eigenvalue weighted by Crippen LogP contribution is 2.34. The maximum absolute atomic E-state index is 5.51. The molecule has 1 atom stereocenters. The Balaban J connectivity index is 2.13. The van der Waals surface area contributed by atoms with Gasteiger partial charge >= 0.3 is 0 Å². The van der Waals surface area contributed by atoms with Crippen LogP contribution in [0.15, 0.2) is 12.3 Å². The van der Waals surface area contributed by atoms with E-state index in [1.165, 1.54) is 16.7 Å². The fraction of sp³-hybridized carbons (Fsp3) is 0.471. The fourth-order valence-electron chi connectivity index (χ4n) is 3.22. The number of fused-ring (bicyclic) bond motifs is 1. The van der Waals surface area contributed by atoms with Gasteiger partial charge in [0.25, 0.3) is 0 Å². The minimum Gasteiger partial charge on any atom is -0.496 e. The first kappa shape index (κ1) is 14.1. The van der Waals surface area contributed by atoms with Crippen LogP contribution in [0.2, 0.25) is 0 Å². The van der Waals surface area contributed by atoms with E-state index in [0.29, 0.717) is 6.04 Å². The van der Waals surface area contributed by atoms with Crippen molar-refractivity contribution in [3.63, 3.8) is 0 Å². The third-order valence-corrected chi connectivity index (χ3v) is 4.50. The number of ether oxygens (including phenoxy) is 1. The molecule has 1 aromatic carbocycles. The predicted octanol–water partition coefficient (Wildman–Crippen LogP) is 3.15. The molecule has 1 N–H and O–H groups in total. The van der Waals surface area contributed by atoms with E-state index in [1.807, 2.05) is 0 Å². The molecular formula is C17H23N3O. The zero-order valence-corrected chi connectivity index (χ0v) is 13.4. The molecule has 3 rings (SSSR count). The number of aromatic nitrogens is 2. The smallest absolute Gasteiger partial charge is 0.126 e. The van der Waals surface area contributed by atoms with E-state index in [2.05, 4.69) is 49.8 Å². The van der Waals surface area contributed by atoms with E-state index >= 15 is 0 Å². The summed E-state index contributed by atoms with van der Waals surface area (Å²) in [4.78, 5) is 4.86. The molecular weight excluding hydrogens is 262 g/mol. The van der Waals surface area contributed by atoms with E-state index in [4.69, 9.17) is 9.72 Å². The molecule has 4 nitrogen and oxygen atoms in total. The highest BCUT2D eigenvalue weighted by atomic mass is 16.5. The van der Waals surface area contributed by atoms with Gasteiger partial charge in [0.2, 0.25) is 0 Å². The van der Waals surface area contributed by atoms with Crippen LogP contribution in [0.4, 0.5) is 0 Å². The Morgan fingerprint density at radius 3 is 2.71 bits per heavy atom. The van der Waals surface area contributed by atoms with Gasteiger partial charge in [0.05, 0.1) is 18.8 Å². The van der Waals surface area contributed by atoms with Crippen molar-refractivity contribution in [3.05, 3.63) is 34.8 Å². The molecule has 2 aromatic rings. The first-order valence-electron chi connectivity index (χ1n) is 7.48. The summed E-state index contributed by atoms with van der Waals surface area (Å²) in [6.07, 6.45) is 2.18. The quantitative estimate of drug-likeness (QED) is 0.921. The zero-order valence-electron chi connectivity index (χ0n) is 13.4. The molecule has 4 heteroatoms. The fourth-order valence-corrected chi connectivity index (χ4v) is 3.22. The first-order valence-corrected chi connectivity index (χ1v) is 7.48. The van der Waals surface area contributed by atoms with Gasteiger partial charge in [-0.15, -0.1) is 0 Å². The van der Waals surface area contributed by atoms with Crippen molar-refractivity contribution >= 4 is 0 Å². The summed E-state index contributed by atoms with van der Waals surface area (Å²) < 4.78 is 7.78. The molecule has 1 aliphatic rings. The molecule has 0 spiro atoms. The summed E-state index contributed by atoms with van der Waals surface area (Å²) in [5.74, 6) is 2.11. The minimum absolute atomic E-state index is 0.313. The second kappa shape index (κ2) is 5.19. The highest BCUT2D eigenvalue weighted by Gasteiger charge is 2.21. The summed E-state index contributed by atoms with van der Waals surface area (Å²) in [6, 6.07) is 2.50. The standard InChI is InChI=1S/C17H23N3O/c1-10-8-14(11(2)12(3)16(10)21-5)15-9-20-7-6-18-13(4)17(20)19-15/h8-9,13,18H,6-7H2,1-5H3. The van der Waals surface area contributed by atoms with Gasteiger partial charge in [-0.3, -0.25) is 0 Å². The van der Waals surface area contributed by atoms with E-state index in [0.717, 1.165) is 35.9 Å². The van der Waals surface area contributed by atoms with Crippen LogP contribution in [0.3, 0.4) is 0 Å². The van der Waals surface area contributed by atoms with Crippen LogP contribution in [-0.2, 0) is 6.54 Å². The van der Waals surface area contributed by atoms with Crippen LogP contribution in [0, 0.1) is 20.8 Å². The van der Waals surface area contributed by atoms with E-state index in [9.17, 15) is 0 Å². The van der Waals surface area contributed by atoms with Crippen molar-refractivity contribution < 1.29 is 4.74 Å². The molecule has 1 aliphatic heterocycles. The minimum atomic E-state index is 0.313. The number of nitrogens with zero attached hydrogens (tertiary/aromatic N) is 2. The summed E-state index contributed by atoms with van der Waals surface area (Å²) in [6.45, 7) is 10.5. The predicted molar refractivity (Wildman–Crippen MR) is 84.8 cm³/mol. The monoisotopic (exact) mass is 285 g/mol. The second-order valence-corrected chi connectivity index (χ2v) is 5.88. The van der Waals surface area contributed by atoms with Crippen LogP contribution in [0.25, 0.3) is 11.3 Å². The van der Waals surface area contributed by atoms with Gasteiger partial charge in [-0.1, -0.05) is 0 Å². The summed E-state index contributed by atoms with van der Waals surface area (Å²) >= 11 is 0. The molecule has 1 unspecified atom stereocenters. The number of hydrogen-bond donors (Lipinski definition) is 1. The normalized spacial score (nSPS) is 17.7. The molecule has 0 saturated carbocycles. The molecule has 112 valence electrons. The Bertz CT molecular complexity index is 688. The maximum Gasteiger partial charge on any atom is 0.126 e. The average Bonchev–Trinajstić information content (AvgIpc) is 2.89. The van der Waals surface area contributed by atoms with Crippen LogP contribution in [-0.4, -0.2) is 23.2 Å².